The highest BCUT2D eigenvalue weighted by molar-refractivity contribution is 7.99. The number of hydrogen-bond donors (Lipinski definition) is 0. The second-order valence-electron chi connectivity index (χ2n) is 5.71. The fraction of sp³-hybridized carbons (Fsp3) is 0.0909. The standard InChI is InChI=1S/C22H17ClO3S/c23-19-10-12-20(13-11-19)27-15-14-26-22(25)18-8-6-17(7-9-18)21(24)16-4-2-1-3-5-16/h1-13H,14-15H2. The van der Waals surface area contributed by atoms with Crippen molar-refractivity contribution >= 4 is 35.1 Å². The first kappa shape index (κ1) is 19.2. The lowest BCUT2D eigenvalue weighted by molar-refractivity contribution is 0.0530. The Hall–Kier alpha value is -2.56. The average molecular weight is 397 g/mol. The lowest BCUT2D eigenvalue weighted by Gasteiger charge is -2.06. The van der Waals surface area contributed by atoms with E-state index in [2.05, 4.69) is 0 Å². The summed E-state index contributed by atoms with van der Waals surface area (Å²) in [4.78, 5) is 25.6. The van der Waals surface area contributed by atoms with Gasteiger partial charge in [0.25, 0.3) is 0 Å². The number of rotatable bonds is 7. The van der Waals surface area contributed by atoms with Gasteiger partial charge in [0.2, 0.25) is 0 Å². The number of carbonyl (C=O) groups excluding carboxylic acids is 2. The minimum atomic E-state index is -0.398. The van der Waals surface area contributed by atoms with Crippen LogP contribution < -0.4 is 0 Å². The Balaban J connectivity index is 1.50. The molecular formula is C22H17ClO3S. The zero-order valence-electron chi connectivity index (χ0n) is 14.4. The normalized spacial score (nSPS) is 10.4. The van der Waals surface area contributed by atoms with E-state index in [1.165, 1.54) is 0 Å². The van der Waals surface area contributed by atoms with E-state index >= 15 is 0 Å². The lowest BCUT2D eigenvalue weighted by atomic mass is 10.0. The first-order valence-corrected chi connectivity index (χ1v) is 9.75. The van der Waals surface area contributed by atoms with Gasteiger partial charge in [0, 0.05) is 26.8 Å². The van der Waals surface area contributed by atoms with Crippen LogP contribution in [-0.4, -0.2) is 24.1 Å². The molecular weight excluding hydrogens is 380 g/mol. The molecule has 0 N–H and O–H groups in total. The molecule has 136 valence electrons. The Morgan fingerprint density at radius 2 is 1.37 bits per heavy atom. The summed E-state index contributed by atoms with van der Waals surface area (Å²) in [5.74, 6) is 0.179. The Kier molecular flexibility index (Phi) is 6.69. The molecule has 3 aromatic carbocycles. The number of hydrogen-bond acceptors (Lipinski definition) is 4. The summed E-state index contributed by atoms with van der Waals surface area (Å²) >= 11 is 7.44. The van der Waals surface area contributed by atoms with Crippen LogP contribution in [0.15, 0.2) is 83.8 Å². The van der Waals surface area contributed by atoms with E-state index in [4.69, 9.17) is 16.3 Å². The monoisotopic (exact) mass is 396 g/mol. The molecule has 0 saturated heterocycles. The highest BCUT2D eigenvalue weighted by atomic mass is 35.5. The SMILES string of the molecule is O=C(OCCSc1ccc(Cl)cc1)c1ccc(C(=O)c2ccccc2)cc1. The summed E-state index contributed by atoms with van der Waals surface area (Å²) < 4.78 is 5.29. The van der Waals surface area contributed by atoms with Crippen LogP contribution >= 0.6 is 23.4 Å². The number of halogens is 1. The van der Waals surface area contributed by atoms with Crippen LogP contribution in [0.3, 0.4) is 0 Å². The Morgan fingerprint density at radius 1 is 0.778 bits per heavy atom. The van der Waals surface area contributed by atoms with E-state index in [-0.39, 0.29) is 5.78 Å². The predicted molar refractivity (Wildman–Crippen MR) is 109 cm³/mol. The van der Waals surface area contributed by atoms with Crippen molar-refractivity contribution in [3.05, 3.63) is 101 Å². The second-order valence-corrected chi connectivity index (χ2v) is 7.32. The van der Waals surface area contributed by atoms with Gasteiger partial charge in [-0.2, -0.15) is 0 Å². The fourth-order valence-electron chi connectivity index (χ4n) is 2.42. The van der Waals surface area contributed by atoms with Crippen molar-refractivity contribution in [2.75, 3.05) is 12.4 Å². The molecule has 3 rings (SSSR count). The van der Waals surface area contributed by atoms with Gasteiger partial charge >= 0.3 is 5.97 Å². The van der Waals surface area contributed by atoms with Gasteiger partial charge < -0.3 is 4.74 Å². The third-order valence-corrected chi connectivity index (χ3v) is 5.05. The predicted octanol–water partition coefficient (Wildman–Crippen LogP) is 5.52. The largest absolute Gasteiger partial charge is 0.461 e. The van der Waals surface area contributed by atoms with Crippen molar-refractivity contribution < 1.29 is 14.3 Å². The molecule has 0 saturated carbocycles. The van der Waals surface area contributed by atoms with Crippen LogP contribution in [0.4, 0.5) is 0 Å². The Labute approximate surface area is 167 Å². The quantitative estimate of drug-likeness (QED) is 0.228. The van der Waals surface area contributed by atoms with E-state index < -0.39 is 5.97 Å². The molecule has 27 heavy (non-hydrogen) atoms. The molecule has 0 aliphatic carbocycles. The zero-order valence-corrected chi connectivity index (χ0v) is 16.0. The summed E-state index contributed by atoms with van der Waals surface area (Å²) in [6.45, 7) is 0.302. The number of thioether (sulfide) groups is 1. The van der Waals surface area contributed by atoms with Crippen molar-refractivity contribution in [2.45, 2.75) is 4.90 Å². The van der Waals surface area contributed by atoms with Crippen LogP contribution in [0.5, 0.6) is 0 Å². The Bertz CT molecular complexity index is 907. The maximum atomic E-state index is 12.4. The fourth-order valence-corrected chi connectivity index (χ4v) is 3.28. The van der Waals surface area contributed by atoms with E-state index in [1.807, 2.05) is 42.5 Å². The molecule has 5 heteroatoms. The van der Waals surface area contributed by atoms with E-state index in [1.54, 1.807) is 48.2 Å². The number of ether oxygens (including phenoxy) is 1. The molecule has 0 aromatic heterocycles. The Morgan fingerprint density at radius 3 is 2.04 bits per heavy atom. The summed E-state index contributed by atoms with van der Waals surface area (Å²) in [6.07, 6.45) is 0. The summed E-state index contributed by atoms with van der Waals surface area (Å²) in [5.41, 5.74) is 1.58. The van der Waals surface area contributed by atoms with Crippen LogP contribution in [0.1, 0.15) is 26.3 Å². The third kappa shape index (κ3) is 5.46. The third-order valence-electron chi connectivity index (χ3n) is 3.82. The van der Waals surface area contributed by atoms with Gasteiger partial charge in [-0.1, -0.05) is 54.1 Å². The smallest absolute Gasteiger partial charge is 0.338 e. The molecule has 0 fully saturated rings. The van der Waals surface area contributed by atoms with Crippen molar-refractivity contribution in [3.63, 3.8) is 0 Å². The van der Waals surface area contributed by atoms with E-state index in [9.17, 15) is 9.59 Å². The summed E-state index contributed by atoms with van der Waals surface area (Å²) in [7, 11) is 0. The van der Waals surface area contributed by atoms with Gasteiger partial charge in [-0.25, -0.2) is 4.79 Å². The van der Waals surface area contributed by atoms with Gasteiger partial charge in [0.1, 0.15) is 6.61 Å². The van der Waals surface area contributed by atoms with Gasteiger partial charge in [-0.15, -0.1) is 11.8 Å². The molecule has 0 amide bonds. The summed E-state index contributed by atoms with van der Waals surface area (Å²) in [5, 5.41) is 0.694. The minimum Gasteiger partial charge on any atom is -0.461 e. The molecule has 0 bridgehead atoms. The molecule has 3 nitrogen and oxygen atoms in total. The second kappa shape index (κ2) is 9.40. The molecule has 0 spiro atoms. The molecule has 0 atom stereocenters. The van der Waals surface area contributed by atoms with Crippen molar-refractivity contribution in [1.29, 1.82) is 0 Å². The average Bonchev–Trinajstić information content (AvgIpc) is 2.72. The molecule has 0 aliphatic heterocycles. The number of ketones is 1. The van der Waals surface area contributed by atoms with Gasteiger partial charge in [0.15, 0.2) is 5.78 Å². The van der Waals surface area contributed by atoms with Crippen LogP contribution in [-0.2, 0) is 4.74 Å². The maximum absolute atomic E-state index is 12.4. The number of benzene rings is 3. The number of esters is 1. The van der Waals surface area contributed by atoms with Gasteiger partial charge in [0.05, 0.1) is 5.56 Å². The van der Waals surface area contributed by atoms with Crippen LogP contribution in [0.2, 0.25) is 5.02 Å². The van der Waals surface area contributed by atoms with Gasteiger partial charge in [-0.3, -0.25) is 4.79 Å². The van der Waals surface area contributed by atoms with Crippen molar-refractivity contribution in [1.82, 2.24) is 0 Å². The molecule has 0 heterocycles. The van der Waals surface area contributed by atoms with Gasteiger partial charge in [-0.05, 0) is 36.4 Å². The highest BCUT2D eigenvalue weighted by Gasteiger charge is 2.11. The number of carbonyl (C=O) groups is 2. The van der Waals surface area contributed by atoms with Crippen molar-refractivity contribution in [2.24, 2.45) is 0 Å². The van der Waals surface area contributed by atoms with E-state index in [0.717, 1.165) is 4.90 Å². The molecule has 0 unspecified atom stereocenters. The van der Waals surface area contributed by atoms with Crippen LogP contribution in [0, 0.1) is 0 Å². The zero-order chi connectivity index (χ0) is 19.1. The lowest BCUT2D eigenvalue weighted by Crippen LogP contribution is -2.08. The topological polar surface area (TPSA) is 43.4 Å². The molecule has 0 aliphatic rings. The first-order chi connectivity index (χ1) is 13.1. The molecule has 0 radical (unpaired) electrons. The van der Waals surface area contributed by atoms with Crippen molar-refractivity contribution in [3.8, 4) is 0 Å². The van der Waals surface area contributed by atoms with Crippen LogP contribution in [0.25, 0.3) is 0 Å². The summed E-state index contributed by atoms with van der Waals surface area (Å²) in [6, 6.07) is 23.1. The maximum Gasteiger partial charge on any atom is 0.338 e. The first-order valence-electron chi connectivity index (χ1n) is 8.39. The molecule has 3 aromatic rings. The minimum absolute atomic E-state index is 0.0742. The highest BCUT2D eigenvalue weighted by Crippen LogP contribution is 2.20. The van der Waals surface area contributed by atoms with E-state index in [0.29, 0.717) is 34.1 Å².